The summed E-state index contributed by atoms with van der Waals surface area (Å²) in [5, 5.41) is 0. The Morgan fingerprint density at radius 1 is 1.59 bits per heavy atom. The Labute approximate surface area is 100 Å². The second kappa shape index (κ2) is 6.90. The van der Waals surface area contributed by atoms with E-state index in [1.165, 1.54) is 18.1 Å². The topological polar surface area (TPSA) is 65.1 Å². The van der Waals surface area contributed by atoms with Gasteiger partial charge in [0.05, 0.1) is 32.8 Å². The first-order valence-corrected chi connectivity index (χ1v) is 5.38. The van der Waals surface area contributed by atoms with Gasteiger partial charge in [0.25, 0.3) is 0 Å². The fourth-order valence-electron chi connectivity index (χ4n) is 1.50. The minimum atomic E-state index is -0.414. The zero-order valence-corrected chi connectivity index (χ0v) is 9.89. The van der Waals surface area contributed by atoms with Gasteiger partial charge in [0.15, 0.2) is 0 Å². The van der Waals surface area contributed by atoms with Crippen LogP contribution in [0.25, 0.3) is 0 Å². The van der Waals surface area contributed by atoms with Gasteiger partial charge in [0.1, 0.15) is 6.61 Å². The summed E-state index contributed by atoms with van der Waals surface area (Å²) in [6.07, 6.45) is 0.905. The van der Waals surface area contributed by atoms with Crippen LogP contribution in [0.4, 0.5) is 4.79 Å². The maximum absolute atomic E-state index is 11.5. The van der Waals surface area contributed by atoms with E-state index in [9.17, 15) is 9.59 Å². The lowest BCUT2D eigenvalue weighted by molar-refractivity contribution is -0.145. The number of ether oxygens (including phenoxy) is 3. The maximum atomic E-state index is 11.5. The molecule has 0 aliphatic carbocycles. The van der Waals surface area contributed by atoms with E-state index < -0.39 is 6.09 Å². The zero-order valence-electron chi connectivity index (χ0n) is 9.89. The monoisotopic (exact) mass is 243 g/mol. The van der Waals surface area contributed by atoms with Gasteiger partial charge in [-0.05, 0) is 0 Å². The second-order valence-electron chi connectivity index (χ2n) is 3.58. The smallest absolute Gasteiger partial charge is 0.410 e. The van der Waals surface area contributed by atoms with Crippen LogP contribution in [0.5, 0.6) is 0 Å². The largest absolute Gasteiger partial charge is 0.469 e. The third-order valence-corrected chi connectivity index (χ3v) is 2.34. The van der Waals surface area contributed by atoms with Gasteiger partial charge in [0, 0.05) is 6.54 Å². The first kappa shape index (κ1) is 13.5. The van der Waals surface area contributed by atoms with Crippen molar-refractivity contribution in [3.63, 3.8) is 0 Å². The molecule has 17 heavy (non-hydrogen) atoms. The van der Waals surface area contributed by atoms with Crippen LogP contribution in [0.2, 0.25) is 0 Å². The van der Waals surface area contributed by atoms with Crippen LogP contribution in [-0.4, -0.2) is 56.5 Å². The van der Waals surface area contributed by atoms with Gasteiger partial charge in [0.2, 0.25) is 0 Å². The Bertz CT molecular complexity index is 292. The van der Waals surface area contributed by atoms with Crippen molar-refractivity contribution in [3.8, 4) is 0 Å². The number of hydrogen-bond donors (Lipinski definition) is 0. The number of methoxy groups -OCH3 is 1. The van der Waals surface area contributed by atoms with Crippen molar-refractivity contribution < 1.29 is 23.8 Å². The van der Waals surface area contributed by atoms with Crippen molar-refractivity contribution in [1.29, 1.82) is 0 Å². The number of hydrogen-bond acceptors (Lipinski definition) is 5. The van der Waals surface area contributed by atoms with E-state index in [-0.39, 0.29) is 25.1 Å². The first-order valence-electron chi connectivity index (χ1n) is 5.38. The molecule has 0 N–H and O–H groups in total. The molecule has 0 spiro atoms. The van der Waals surface area contributed by atoms with Gasteiger partial charge in [-0.1, -0.05) is 12.7 Å². The molecule has 6 nitrogen and oxygen atoms in total. The van der Waals surface area contributed by atoms with Crippen molar-refractivity contribution in [2.75, 3.05) is 33.4 Å². The number of morpholine rings is 1. The highest BCUT2D eigenvalue weighted by Crippen LogP contribution is 2.10. The SMILES string of the molecule is C=CCOC(=O)N1CCOC(CC(=O)OC)C1. The van der Waals surface area contributed by atoms with Crippen LogP contribution in [0.1, 0.15) is 6.42 Å². The third-order valence-electron chi connectivity index (χ3n) is 2.34. The summed E-state index contributed by atoms with van der Waals surface area (Å²) < 4.78 is 14.8. The molecule has 0 aromatic rings. The highest BCUT2D eigenvalue weighted by atomic mass is 16.6. The van der Waals surface area contributed by atoms with Crippen molar-refractivity contribution in [3.05, 3.63) is 12.7 Å². The molecule has 1 rings (SSSR count). The molecule has 6 heteroatoms. The molecule has 0 aromatic heterocycles. The summed E-state index contributed by atoms with van der Waals surface area (Å²) in [6, 6.07) is 0. The van der Waals surface area contributed by atoms with Crippen molar-refractivity contribution in [1.82, 2.24) is 4.90 Å². The summed E-state index contributed by atoms with van der Waals surface area (Å²) >= 11 is 0. The van der Waals surface area contributed by atoms with E-state index >= 15 is 0 Å². The molecular formula is C11H17NO5. The number of esters is 1. The molecular weight excluding hydrogens is 226 g/mol. The lowest BCUT2D eigenvalue weighted by Gasteiger charge is -2.31. The van der Waals surface area contributed by atoms with Crippen molar-refractivity contribution >= 4 is 12.1 Å². The Balaban J connectivity index is 2.40. The molecule has 0 radical (unpaired) electrons. The highest BCUT2D eigenvalue weighted by Gasteiger charge is 2.26. The highest BCUT2D eigenvalue weighted by molar-refractivity contribution is 5.70. The van der Waals surface area contributed by atoms with E-state index in [0.717, 1.165) is 0 Å². The van der Waals surface area contributed by atoms with Crippen molar-refractivity contribution in [2.45, 2.75) is 12.5 Å². The van der Waals surface area contributed by atoms with Crippen LogP contribution in [0, 0.1) is 0 Å². The van der Waals surface area contributed by atoms with Gasteiger partial charge < -0.3 is 19.1 Å². The Hall–Kier alpha value is -1.56. The zero-order chi connectivity index (χ0) is 12.7. The number of amides is 1. The van der Waals surface area contributed by atoms with Gasteiger partial charge >= 0.3 is 12.1 Å². The van der Waals surface area contributed by atoms with Gasteiger partial charge in [-0.15, -0.1) is 0 Å². The summed E-state index contributed by atoms with van der Waals surface area (Å²) in [5.41, 5.74) is 0. The second-order valence-corrected chi connectivity index (χ2v) is 3.58. The van der Waals surface area contributed by atoms with E-state index in [4.69, 9.17) is 9.47 Å². The van der Waals surface area contributed by atoms with Crippen molar-refractivity contribution in [2.24, 2.45) is 0 Å². The lowest BCUT2D eigenvalue weighted by Crippen LogP contribution is -2.46. The van der Waals surface area contributed by atoms with Crippen LogP contribution in [0.3, 0.4) is 0 Å². The molecule has 96 valence electrons. The minimum Gasteiger partial charge on any atom is -0.469 e. The van der Waals surface area contributed by atoms with Gasteiger partial charge in [-0.25, -0.2) is 4.79 Å². The standard InChI is InChI=1S/C11H17NO5/c1-3-5-17-11(14)12-4-6-16-9(8-12)7-10(13)15-2/h3,9H,1,4-8H2,2H3. The average Bonchev–Trinajstić information content (AvgIpc) is 2.36. The van der Waals surface area contributed by atoms with Crippen LogP contribution >= 0.6 is 0 Å². The minimum absolute atomic E-state index is 0.141. The van der Waals surface area contributed by atoms with E-state index in [1.54, 1.807) is 0 Å². The fraction of sp³-hybridized carbons (Fsp3) is 0.636. The van der Waals surface area contributed by atoms with Gasteiger partial charge in [-0.3, -0.25) is 4.79 Å². The Kier molecular flexibility index (Phi) is 5.48. The predicted octanol–water partition coefficient (Wildman–Crippen LogP) is 0.573. The maximum Gasteiger partial charge on any atom is 0.410 e. The fourth-order valence-corrected chi connectivity index (χ4v) is 1.50. The number of carbonyl (C=O) groups is 2. The first-order chi connectivity index (χ1) is 8.17. The van der Waals surface area contributed by atoms with E-state index in [1.807, 2.05) is 0 Å². The molecule has 1 atom stereocenters. The summed E-state index contributed by atoms with van der Waals surface area (Å²) in [7, 11) is 1.32. The summed E-state index contributed by atoms with van der Waals surface area (Å²) in [6.45, 7) is 4.84. The number of carbonyl (C=O) groups excluding carboxylic acids is 2. The molecule has 1 aliphatic heterocycles. The van der Waals surface area contributed by atoms with Crippen LogP contribution in [-0.2, 0) is 19.0 Å². The summed E-state index contributed by atoms with van der Waals surface area (Å²) in [4.78, 5) is 24.1. The Morgan fingerprint density at radius 2 is 2.35 bits per heavy atom. The third kappa shape index (κ3) is 4.44. The molecule has 0 bridgehead atoms. The molecule has 1 aliphatic rings. The predicted molar refractivity (Wildman–Crippen MR) is 59.5 cm³/mol. The summed E-state index contributed by atoms with van der Waals surface area (Å²) in [5.74, 6) is -0.351. The van der Waals surface area contributed by atoms with E-state index in [2.05, 4.69) is 11.3 Å². The quantitative estimate of drug-likeness (QED) is 0.533. The average molecular weight is 243 g/mol. The molecule has 0 aromatic carbocycles. The molecule has 1 fully saturated rings. The van der Waals surface area contributed by atoms with Gasteiger partial charge in [-0.2, -0.15) is 0 Å². The molecule has 1 saturated heterocycles. The molecule has 0 saturated carbocycles. The number of rotatable bonds is 4. The number of nitrogens with zero attached hydrogens (tertiary/aromatic N) is 1. The normalized spacial score (nSPS) is 19.6. The lowest BCUT2D eigenvalue weighted by atomic mass is 10.2. The molecule has 1 amide bonds. The molecule has 1 heterocycles. The molecule has 1 unspecified atom stereocenters. The van der Waals surface area contributed by atoms with E-state index in [0.29, 0.717) is 19.7 Å². The van der Waals surface area contributed by atoms with Crippen LogP contribution < -0.4 is 0 Å². The Morgan fingerprint density at radius 3 is 3.00 bits per heavy atom. The van der Waals surface area contributed by atoms with Crippen LogP contribution in [0.15, 0.2) is 12.7 Å².